The number of aromatic amines is 1. The fourth-order valence-electron chi connectivity index (χ4n) is 4.01. The summed E-state index contributed by atoms with van der Waals surface area (Å²) >= 11 is 0. The van der Waals surface area contributed by atoms with Gasteiger partial charge in [0.2, 0.25) is 0 Å². The number of fused-ring (bicyclic) bond motifs is 2. The summed E-state index contributed by atoms with van der Waals surface area (Å²) in [6.45, 7) is 1.03. The number of hydrogen-bond acceptors (Lipinski definition) is 4. The highest BCUT2D eigenvalue weighted by Gasteiger charge is 2.40. The second-order valence-corrected chi connectivity index (χ2v) is 7.27. The van der Waals surface area contributed by atoms with Gasteiger partial charge in [0, 0.05) is 47.3 Å². The van der Waals surface area contributed by atoms with Crippen LogP contribution in [0.3, 0.4) is 0 Å². The van der Waals surface area contributed by atoms with E-state index < -0.39 is 17.3 Å². The van der Waals surface area contributed by atoms with Gasteiger partial charge >= 0.3 is 6.18 Å². The molecular weight excluding hydrogens is 381 g/mol. The molecule has 0 amide bonds. The summed E-state index contributed by atoms with van der Waals surface area (Å²) in [5, 5.41) is 13.9. The molecule has 1 aliphatic heterocycles. The number of hydrogen-bond donors (Lipinski definition) is 2. The van der Waals surface area contributed by atoms with Crippen LogP contribution in [0.25, 0.3) is 33.2 Å². The van der Waals surface area contributed by atoms with Gasteiger partial charge < -0.3 is 14.9 Å². The van der Waals surface area contributed by atoms with Gasteiger partial charge in [0.05, 0.1) is 29.3 Å². The minimum absolute atomic E-state index is 0.197. The highest BCUT2D eigenvalue weighted by Crippen LogP contribution is 2.40. The van der Waals surface area contributed by atoms with Crippen LogP contribution in [0.4, 0.5) is 13.2 Å². The van der Waals surface area contributed by atoms with E-state index in [9.17, 15) is 18.4 Å². The number of rotatable bonds is 3. The standard InChI is InChI=1S/C20H15F3N6/c21-20(22,23)12-1-2-13-15(17-14-3-6-26-18(14)28-11-27-17)8-29(16(13)7-12)19(4-5-24)9-25-10-19/h1-3,6-8,11,25H,4,9-10H2,(H,26,27,28). The lowest BCUT2D eigenvalue weighted by atomic mass is 9.88. The average Bonchev–Trinajstić information content (AvgIpc) is 3.28. The Balaban J connectivity index is 1.82. The van der Waals surface area contributed by atoms with E-state index in [1.165, 1.54) is 12.4 Å². The molecule has 4 aromatic rings. The molecule has 6 nitrogen and oxygen atoms in total. The zero-order valence-electron chi connectivity index (χ0n) is 15.1. The van der Waals surface area contributed by atoms with Gasteiger partial charge in [-0.25, -0.2) is 9.97 Å². The lowest BCUT2D eigenvalue weighted by Gasteiger charge is -2.43. The average molecular weight is 396 g/mol. The number of H-pyrrole nitrogens is 1. The van der Waals surface area contributed by atoms with Crippen molar-refractivity contribution >= 4 is 21.9 Å². The number of aromatic nitrogens is 4. The van der Waals surface area contributed by atoms with Crippen molar-refractivity contribution in [2.45, 2.75) is 18.1 Å². The molecule has 0 bridgehead atoms. The van der Waals surface area contributed by atoms with Crippen molar-refractivity contribution in [2.75, 3.05) is 13.1 Å². The molecule has 1 aliphatic rings. The highest BCUT2D eigenvalue weighted by molar-refractivity contribution is 6.02. The Morgan fingerprint density at radius 3 is 2.69 bits per heavy atom. The molecular formula is C20H15F3N6. The van der Waals surface area contributed by atoms with Crippen molar-refractivity contribution in [3.63, 3.8) is 0 Å². The smallest absolute Gasteiger partial charge is 0.346 e. The zero-order valence-corrected chi connectivity index (χ0v) is 15.1. The molecule has 1 fully saturated rings. The monoisotopic (exact) mass is 396 g/mol. The predicted molar refractivity (Wildman–Crippen MR) is 101 cm³/mol. The number of alkyl halides is 3. The van der Waals surface area contributed by atoms with Crippen LogP contribution < -0.4 is 5.32 Å². The van der Waals surface area contributed by atoms with Crippen molar-refractivity contribution in [1.29, 1.82) is 5.26 Å². The molecule has 1 aromatic carbocycles. The van der Waals surface area contributed by atoms with Crippen molar-refractivity contribution in [2.24, 2.45) is 0 Å². The van der Waals surface area contributed by atoms with Crippen molar-refractivity contribution in [3.8, 4) is 17.3 Å². The number of nitriles is 1. The molecule has 1 saturated heterocycles. The summed E-state index contributed by atoms with van der Waals surface area (Å²) in [6.07, 6.45) is 0.737. The van der Waals surface area contributed by atoms with Gasteiger partial charge in [-0.3, -0.25) is 0 Å². The molecule has 0 atom stereocenters. The minimum atomic E-state index is -4.45. The first kappa shape index (κ1) is 17.7. The Morgan fingerprint density at radius 2 is 2.00 bits per heavy atom. The summed E-state index contributed by atoms with van der Waals surface area (Å²) < 4.78 is 42.0. The SMILES string of the molecule is N#CCC1(n2cc(-c3ncnc4[nH]ccc34)c3ccc(C(F)(F)F)cc32)CNC1. The third-order valence-corrected chi connectivity index (χ3v) is 5.57. The molecule has 0 aliphatic carbocycles. The van der Waals surface area contributed by atoms with Crippen LogP contribution in [0.15, 0.2) is 43.0 Å². The van der Waals surface area contributed by atoms with Crippen LogP contribution in [-0.4, -0.2) is 32.6 Å². The van der Waals surface area contributed by atoms with Crippen LogP contribution in [0, 0.1) is 11.3 Å². The van der Waals surface area contributed by atoms with Gasteiger partial charge in [0.25, 0.3) is 0 Å². The van der Waals surface area contributed by atoms with Crippen molar-refractivity contribution < 1.29 is 13.2 Å². The Morgan fingerprint density at radius 1 is 1.17 bits per heavy atom. The fourth-order valence-corrected chi connectivity index (χ4v) is 4.01. The zero-order chi connectivity index (χ0) is 20.2. The van der Waals surface area contributed by atoms with E-state index in [1.54, 1.807) is 6.20 Å². The second-order valence-electron chi connectivity index (χ2n) is 7.27. The van der Waals surface area contributed by atoms with E-state index in [2.05, 4.69) is 26.3 Å². The van der Waals surface area contributed by atoms with Gasteiger partial charge in [-0.1, -0.05) is 6.07 Å². The lowest BCUT2D eigenvalue weighted by molar-refractivity contribution is -0.137. The predicted octanol–water partition coefficient (Wildman–Crippen LogP) is 3.81. The van der Waals surface area contributed by atoms with E-state index in [0.29, 0.717) is 40.9 Å². The number of benzene rings is 1. The first-order valence-electron chi connectivity index (χ1n) is 9.02. The second kappa shape index (κ2) is 6.06. The maximum atomic E-state index is 13.4. The normalized spacial score (nSPS) is 16.1. The minimum Gasteiger partial charge on any atom is -0.346 e. The Kier molecular flexibility index (Phi) is 3.70. The molecule has 3 aromatic heterocycles. The van der Waals surface area contributed by atoms with E-state index in [1.807, 2.05) is 16.8 Å². The number of halogens is 3. The summed E-state index contributed by atoms with van der Waals surface area (Å²) in [5.74, 6) is 0. The Hall–Kier alpha value is -3.38. The van der Waals surface area contributed by atoms with E-state index in [-0.39, 0.29) is 6.42 Å². The molecule has 4 heterocycles. The topological polar surface area (TPSA) is 82.3 Å². The van der Waals surface area contributed by atoms with Gasteiger partial charge in [-0.05, 0) is 18.2 Å². The molecule has 2 N–H and O–H groups in total. The van der Waals surface area contributed by atoms with Crippen LogP contribution >= 0.6 is 0 Å². The summed E-state index contributed by atoms with van der Waals surface area (Å²) in [4.78, 5) is 11.6. The van der Waals surface area contributed by atoms with E-state index >= 15 is 0 Å². The Labute approximate surface area is 163 Å². The number of nitrogens with one attached hydrogen (secondary N) is 2. The molecule has 0 radical (unpaired) electrons. The Bertz CT molecular complexity index is 1270. The van der Waals surface area contributed by atoms with E-state index in [0.717, 1.165) is 17.5 Å². The number of nitrogens with zero attached hydrogens (tertiary/aromatic N) is 4. The van der Waals surface area contributed by atoms with Gasteiger partial charge in [-0.2, -0.15) is 18.4 Å². The fraction of sp³-hybridized carbons (Fsp3) is 0.250. The van der Waals surface area contributed by atoms with Crippen LogP contribution in [0.2, 0.25) is 0 Å². The molecule has 0 saturated carbocycles. The van der Waals surface area contributed by atoms with Crippen LogP contribution in [0.5, 0.6) is 0 Å². The molecule has 146 valence electrons. The maximum Gasteiger partial charge on any atom is 0.416 e. The molecule has 0 spiro atoms. The van der Waals surface area contributed by atoms with Crippen molar-refractivity contribution in [1.82, 2.24) is 24.8 Å². The summed E-state index contributed by atoms with van der Waals surface area (Å²) in [6, 6.07) is 7.75. The van der Waals surface area contributed by atoms with E-state index in [4.69, 9.17) is 0 Å². The summed E-state index contributed by atoms with van der Waals surface area (Å²) in [5.41, 5.74) is 1.14. The maximum absolute atomic E-state index is 13.4. The van der Waals surface area contributed by atoms with Gasteiger partial charge in [0.1, 0.15) is 12.0 Å². The lowest BCUT2D eigenvalue weighted by Crippen LogP contribution is -2.60. The van der Waals surface area contributed by atoms with Gasteiger partial charge in [0.15, 0.2) is 0 Å². The van der Waals surface area contributed by atoms with Gasteiger partial charge in [-0.15, -0.1) is 0 Å². The quantitative estimate of drug-likeness (QED) is 0.552. The molecule has 5 rings (SSSR count). The van der Waals surface area contributed by atoms with Crippen molar-refractivity contribution in [3.05, 3.63) is 48.5 Å². The molecule has 0 unspecified atom stereocenters. The molecule has 29 heavy (non-hydrogen) atoms. The summed E-state index contributed by atoms with van der Waals surface area (Å²) in [7, 11) is 0. The largest absolute Gasteiger partial charge is 0.416 e. The first-order valence-corrected chi connectivity index (χ1v) is 9.02. The van der Waals surface area contributed by atoms with Crippen LogP contribution in [0.1, 0.15) is 12.0 Å². The highest BCUT2D eigenvalue weighted by atomic mass is 19.4. The third-order valence-electron chi connectivity index (χ3n) is 5.57. The third kappa shape index (κ3) is 2.60. The van der Waals surface area contributed by atoms with Crippen LogP contribution in [-0.2, 0) is 11.7 Å². The molecule has 9 heteroatoms. The first-order chi connectivity index (χ1) is 13.9.